The van der Waals surface area contributed by atoms with Crippen LogP contribution in [0, 0.1) is 5.92 Å². The van der Waals surface area contributed by atoms with E-state index in [1.807, 2.05) is 0 Å². The number of carbonyl (C=O) groups is 2. The SMILES string of the molecule is CC1Oc2ccc(NC(=O)[C@@H]3CCCNC3)cc2NC1=O.Cl. The number of anilines is 2. The van der Waals surface area contributed by atoms with Crippen LogP contribution in [-0.2, 0) is 9.59 Å². The first kappa shape index (κ1) is 16.6. The van der Waals surface area contributed by atoms with E-state index in [2.05, 4.69) is 16.0 Å². The molecule has 1 fully saturated rings. The molecule has 0 aromatic heterocycles. The van der Waals surface area contributed by atoms with Crippen molar-refractivity contribution in [1.29, 1.82) is 0 Å². The highest BCUT2D eigenvalue weighted by Crippen LogP contribution is 2.32. The monoisotopic (exact) mass is 325 g/mol. The summed E-state index contributed by atoms with van der Waals surface area (Å²) < 4.78 is 5.49. The Labute approximate surface area is 135 Å². The predicted octanol–water partition coefficient (Wildman–Crippen LogP) is 1.77. The molecule has 2 aliphatic rings. The molecule has 0 saturated carbocycles. The van der Waals surface area contributed by atoms with E-state index in [9.17, 15) is 9.59 Å². The van der Waals surface area contributed by atoms with Gasteiger partial charge in [-0.1, -0.05) is 0 Å². The average Bonchev–Trinajstić information content (AvgIpc) is 2.49. The van der Waals surface area contributed by atoms with Crippen molar-refractivity contribution in [2.45, 2.75) is 25.9 Å². The van der Waals surface area contributed by atoms with Gasteiger partial charge in [0.15, 0.2) is 6.10 Å². The summed E-state index contributed by atoms with van der Waals surface area (Å²) >= 11 is 0. The number of hydrogen-bond donors (Lipinski definition) is 3. The molecule has 2 aliphatic heterocycles. The van der Waals surface area contributed by atoms with Gasteiger partial charge < -0.3 is 20.7 Å². The lowest BCUT2D eigenvalue weighted by Gasteiger charge is -2.25. The summed E-state index contributed by atoms with van der Waals surface area (Å²) in [6.07, 6.45) is 1.43. The number of ether oxygens (including phenoxy) is 1. The normalized spacial score (nSPS) is 23.4. The van der Waals surface area contributed by atoms with Crippen LogP contribution in [0.3, 0.4) is 0 Å². The molecule has 1 aromatic carbocycles. The Bertz CT molecular complexity index is 573. The molecule has 1 unspecified atom stereocenters. The first-order chi connectivity index (χ1) is 10.1. The number of fused-ring (bicyclic) bond motifs is 1. The minimum absolute atomic E-state index is 0. The van der Waals surface area contributed by atoms with Gasteiger partial charge in [-0.05, 0) is 44.5 Å². The van der Waals surface area contributed by atoms with Gasteiger partial charge in [0.1, 0.15) is 5.75 Å². The first-order valence-electron chi connectivity index (χ1n) is 7.26. The second-order valence-corrected chi connectivity index (χ2v) is 5.49. The lowest BCUT2D eigenvalue weighted by molar-refractivity contribution is -0.122. The van der Waals surface area contributed by atoms with Crippen LogP contribution in [0.2, 0.25) is 0 Å². The lowest BCUT2D eigenvalue weighted by Crippen LogP contribution is -2.37. The minimum atomic E-state index is -0.494. The van der Waals surface area contributed by atoms with E-state index in [4.69, 9.17) is 4.74 Å². The van der Waals surface area contributed by atoms with Crippen molar-refractivity contribution >= 4 is 35.6 Å². The molecule has 1 aromatic rings. The van der Waals surface area contributed by atoms with Gasteiger partial charge in [0.2, 0.25) is 5.91 Å². The number of carbonyl (C=O) groups excluding carboxylic acids is 2. The Morgan fingerprint density at radius 1 is 1.41 bits per heavy atom. The van der Waals surface area contributed by atoms with Crippen molar-refractivity contribution < 1.29 is 14.3 Å². The van der Waals surface area contributed by atoms with Crippen LogP contribution in [0.25, 0.3) is 0 Å². The Balaban J connectivity index is 0.00000176. The van der Waals surface area contributed by atoms with Crippen molar-refractivity contribution in [2.75, 3.05) is 23.7 Å². The van der Waals surface area contributed by atoms with E-state index in [1.165, 1.54) is 0 Å². The Kier molecular flexibility index (Phi) is 5.26. The van der Waals surface area contributed by atoms with E-state index in [0.29, 0.717) is 23.7 Å². The van der Waals surface area contributed by atoms with Crippen LogP contribution in [0.15, 0.2) is 18.2 Å². The zero-order chi connectivity index (χ0) is 14.8. The summed E-state index contributed by atoms with van der Waals surface area (Å²) in [6.45, 7) is 3.39. The Morgan fingerprint density at radius 3 is 2.95 bits per heavy atom. The topological polar surface area (TPSA) is 79.5 Å². The van der Waals surface area contributed by atoms with Gasteiger partial charge in [0.25, 0.3) is 5.91 Å². The van der Waals surface area contributed by atoms with Crippen molar-refractivity contribution in [2.24, 2.45) is 5.92 Å². The van der Waals surface area contributed by atoms with Crippen molar-refractivity contribution in [1.82, 2.24) is 5.32 Å². The summed E-state index contributed by atoms with van der Waals surface area (Å²) in [6, 6.07) is 5.28. The molecule has 2 atom stereocenters. The molecule has 2 amide bonds. The van der Waals surface area contributed by atoms with Crippen molar-refractivity contribution in [3.8, 4) is 5.75 Å². The molecule has 3 rings (SSSR count). The van der Waals surface area contributed by atoms with Gasteiger partial charge in [0.05, 0.1) is 11.6 Å². The Hall–Kier alpha value is -1.79. The van der Waals surface area contributed by atoms with Gasteiger partial charge in [-0.15, -0.1) is 12.4 Å². The number of benzene rings is 1. The van der Waals surface area contributed by atoms with Gasteiger partial charge in [-0.3, -0.25) is 9.59 Å². The fraction of sp³-hybridized carbons (Fsp3) is 0.467. The third-order valence-corrected chi connectivity index (χ3v) is 3.85. The number of rotatable bonds is 2. The maximum Gasteiger partial charge on any atom is 0.265 e. The van der Waals surface area contributed by atoms with Gasteiger partial charge >= 0.3 is 0 Å². The zero-order valence-corrected chi connectivity index (χ0v) is 13.2. The van der Waals surface area contributed by atoms with Crippen LogP contribution >= 0.6 is 12.4 Å². The van der Waals surface area contributed by atoms with Gasteiger partial charge in [-0.25, -0.2) is 0 Å². The summed E-state index contributed by atoms with van der Waals surface area (Å²) in [5.74, 6) is 0.459. The highest BCUT2D eigenvalue weighted by atomic mass is 35.5. The van der Waals surface area contributed by atoms with Crippen LogP contribution in [0.4, 0.5) is 11.4 Å². The largest absolute Gasteiger partial charge is 0.479 e. The molecule has 120 valence electrons. The van der Waals surface area contributed by atoms with E-state index in [0.717, 1.165) is 19.4 Å². The molecule has 0 bridgehead atoms. The average molecular weight is 326 g/mol. The summed E-state index contributed by atoms with van der Waals surface area (Å²) in [5, 5.41) is 8.90. The minimum Gasteiger partial charge on any atom is -0.479 e. The third kappa shape index (κ3) is 3.51. The van der Waals surface area contributed by atoms with Crippen LogP contribution in [-0.4, -0.2) is 31.0 Å². The fourth-order valence-electron chi connectivity index (χ4n) is 2.61. The van der Waals surface area contributed by atoms with Crippen LogP contribution in [0.5, 0.6) is 5.75 Å². The van der Waals surface area contributed by atoms with E-state index in [-0.39, 0.29) is 30.1 Å². The third-order valence-electron chi connectivity index (χ3n) is 3.85. The maximum atomic E-state index is 12.2. The molecule has 0 aliphatic carbocycles. The van der Waals surface area contributed by atoms with Gasteiger partial charge in [-0.2, -0.15) is 0 Å². The van der Waals surface area contributed by atoms with E-state index in [1.54, 1.807) is 25.1 Å². The highest BCUT2D eigenvalue weighted by molar-refractivity contribution is 5.99. The number of hydrogen-bond acceptors (Lipinski definition) is 4. The quantitative estimate of drug-likeness (QED) is 0.774. The summed E-state index contributed by atoms with van der Waals surface area (Å²) in [4.78, 5) is 23.8. The van der Waals surface area contributed by atoms with Gasteiger partial charge in [0, 0.05) is 12.2 Å². The molecular formula is C15H20ClN3O3. The molecule has 3 N–H and O–H groups in total. The smallest absolute Gasteiger partial charge is 0.265 e. The molecule has 0 radical (unpaired) electrons. The predicted molar refractivity (Wildman–Crippen MR) is 86.6 cm³/mol. The number of amides is 2. The highest BCUT2D eigenvalue weighted by Gasteiger charge is 2.25. The first-order valence-corrected chi connectivity index (χ1v) is 7.26. The number of halogens is 1. The second kappa shape index (κ2) is 6.98. The number of piperidine rings is 1. The zero-order valence-electron chi connectivity index (χ0n) is 12.3. The van der Waals surface area contributed by atoms with Crippen molar-refractivity contribution in [3.05, 3.63) is 18.2 Å². The molecule has 7 heteroatoms. The molecule has 6 nitrogen and oxygen atoms in total. The summed E-state index contributed by atoms with van der Waals surface area (Å²) in [7, 11) is 0. The van der Waals surface area contributed by atoms with E-state index >= 15 is 0 Å². The maximum absolute atomic E-state index is 12.2. The molecule has 22 heavy (non-hydrogen) atoms. The second-order valence-electron chi connectivity index (χ2n) is 5.49. The fourth-order valence-corrected chi connectivity index (χ4v) is 2.61. The lowest BCUT2D eigenvalue weighted by atomic mass is 9.99. The molecule has 1 saturated heterocycles. The van der Waals surface area contributed by atoms with Crippen molar-refractivity contribution in [3.63, 3.8) is 0 Å². The molecule has 2 heterocycles. The van der Waals surface area contributed by atoms with Crippen LogP contribution in [0.1, 0.15) is 19.8 Å². The van der Waals surface area contributed by atoms with E-state index < -0.39 is 6.10 Å². The standard InChI is InChI=1S/C15H19N3O3.ClH/c1-9-14(19)18-12-7-11(4-5-13(12)21-9)17-15(20)10-3-2-6-16-8-10;/h4-5,7,9-10,16H,2-3,6,8H2,1H3,(H,17,20)(H,18,19);1H/t9?,10-;/m1./s1. The molecular weight excluding hydrogens is 306 g/mol. The molecule has 0 spiro atoms. The summed E-state index contributed by atoms with van der Waals surface area (Å²) in [5.41, 5.74) is 1.26. The Morgan fingerprint density at radius 2 is 2.23 bits per heavy atom. The number of nitrogens with one attached hydrogen (secondary N) is 3. The van der Waals surface area contributed by atoms with Crippen LogP contribution < -0.4 is 20.7 Å².